The number of ether oxygens (including phenoxy) is 1. The fraction of sp³-hybridized carbons (Fsp3) is 0.421. The normalized spacial score (nSPS) is 19.9. The Labute approximate surface area is 172 Å². The summed E-state index contributed by atoms with van der Waals surface area (Å²) in [7, 11) is 0. The average Bonchev–Trinajstić information content (AvgIpc) is 2.61. The second kappa shape index (κ2) is 8.25. The molecule has 1 saturated heterocycles. The van der Waals surface area contributed by atoms with E-state index in [2.05, 4.69) is 4.99 Å². The molecular formula is C19H20Cl2N2O3S. The maximum absolute atomic E-state index is 12.9. The van der Waals surface area contributed by atoms with Crippen LogP contribution in [0.15, 0.2) is 34.5 Å². The number of halogens is 2. The van der Waals surface area contributed by atoms with E-state index in [1.165, 1.54) is 11.8 Å². The number of hydrogen-bond acceptors (Lipinski definition) is 5. The Balaban J connectivity index is 2.10. The smallest absolute Gasteiger partial charge is 0.338 e. The molecule has 8 heteroatoms. The SMILES string of the molecule is CC1=C(C(=O)OCC(C)C)[C@H](c2ccc(Cl)c(Cl)c2)N2C(=O)CCSC2=N1. The van der Waals surface area contributed by atoms with E-state index in [4.69, 9.17) is 27.9 Å². The standard InChI is InChI=1S/C19H20Cl2N2O3S/c1-10(2)9-26-18(25)16-11(3)22-19-23(15(24)6-7-27-19)17(16)12-4-5-13(20)14(21)8-12/h4-5,8,10,17H,6-7,9H2,1-3H3/t17-/m0/s1. The van der Waals surface area contributed by atoms with Gasteiger partial charge in [0, 0.05) is 12.2 Å². The first-order chi connectivity index (χ1) is 12.8. The fourth-order valence-electron chi connectivity index (χ4n) is 2.98. The van der Waals surface area contributed by atoms with Gasteiger partial charge in [-0.05, 0) is 30.5 Å². The summed E-state index contributed by atoms with van der Waals surface area (Å²) in [5.74, 6) is 0.324. The number of esters is 1. The molecule has 1 aromatic rings. The first kappa shape index (κ1) is 20.2. The number of rotatable bonds is 4. The van der Waals surface area contributed by atoms with Crippen molar-refractivity contribution in [2.24, 2.45) is 10.9 Å². The van der Waals surface area contributed by atoms with Gasteiger partial charge in [-0.15, -0.1) is 0 Å². The summed E-state index contributed by atoms with van der Waals surface area (Å²) in [5, 5.41) is 1.37. The molecule has 27 heavy (non-hydrogen) atoms. The highest BCUT2D eigenvalue weighted by Gasteiger charge is 2.41. The van der Waals surface area contributed by atoms with Crippen LogP contribution in [0.25, 0.3) is 0 Å². The summed E-state index contributed by atoms with van der Waals surface area (Å²) < 4.78 is 5.46. The van der Waals surface area contributed by atoms with Crippen LogP contribution in [0.4, 0.5) is 0 Å². The number of amidine groups is 1. The maximum atomic E-state index is 12.9. The van der Waals surface area contributed by atoms with Gasteiger partial charge in [-0.3, -0.25) is 9.69 Å². The van der Waals surface area contributed by atoms with Crippen molar-refractivity contribution in [3.63, 3.8) is 0 Å². The molecule has 0 aliphatic carbocycles. The zero-order valence-corrected chi connectivity index (χ0v) is 17.6. The Hall–Kier alpha value is -1.50. The number of hydrogen-bond donors (Lipinski definition) is 0. The van der Waals surface area contributed by atoms with Crippen LogP contribution in [0, 0.1) is 5.92 Å². The molecule has 0 N–H and O–H groups in total. The summed E-state index contributed by atoms with van der Waals surface area (Å²) in [5.41, 5.74) is 1.60. The Morgan fingerprint density at radius 2 is 2.11 bits per heavy atom. The van der Waals surface area contributed by atoms with E-state index in [-0.39, 0.29) is 11.8 Å². The highest BCUT2D eigenvalue weighted by Crippen LogP contribution is 2.41. The summed E-state index contributed by atoms with van der Waals surface area (Å²) in [6.45, 7) is 5.99. The summed E-state index contributed by atoms with van der Waals surface area (Å²) in [4.78, 5) is 31.7. The molecule has 2 heterocycles. The van der Waals surface area contributed by atoms with Crippen LogP contribution in [0.2, 0.25) is 10.0 Å². The van der Waals surface area contributed by atoms with Crippen molar-refractivity contribution in [1.29, 1.82) is 0 Å². The molecule has 2 aliphatic rings. The lowest BCUT2D eigenvalue weighted by molar-refractivity contribution is -0.141. The van der Waals surface area contributed by atoms with Gasteiger partial charge in [0.1, 0.15) is 0 Å². The van der Waals surface area contributed by atoms with Crippen LogP contribution in [0.1, 0.15) is 38.8 Å². The van der Waals surface area contributed by atoms with Gasteiger partial charge in [0.05, 0.1) is 34.0 Å². The number of benzene rings is 1. The molecule has 0 bridgehead atoms. The van der Waals surface area contributed by atoms with Crippen molar-refractivity contribution >= 4 is 52.0 Å². The topological polar surface area (TPSA) is 59.0 Å². The molecule has 1 fully saturated rings. The van der Waals surface area contributed by atoms with E-state index in [0.29, 0.717) is 50.8 Å². The van der Waals surface area contributed by atoms with Gasteiger partial charge >= 0.3 is 5.97 Å². The third-order valence-corrected chi connectivity index (χ3v) is 5.93. The minimum Gasteiger partial charge on any atom is -0.462 e. The van der Waals surface area contributed by atoms with E-state index in [9.17, 15) is 9.59 Å². The molecule has 5 nitrogen and oxygen atoms in total. The maximum Gasteiger partial charge on any atom is 0.338 e. The van der Waals surface area contributed by atoms with Crippen molar-refractivity contribution in [1.82, 2.24) is 4.90 Å². The lowest BCUT2D eigenvalue weighted by Gasteiger charge is -2.39. The number of aliphatic imine (C=N–C) groups is 1. The zero-order valence-electron chi connectivity index (χ0n) is 15.3. The molecular weight excluding hydrogens is 407 g/mol. The van der Waals surface area contributed by atoms with Crippen LogP contribution < -0.4 is 0 Å². The summed E-state index contributed by atoms with van der Waals surface area (Å²) >= 11 is 13.8. The van der Waals surface area contributed by atoms with Crippen molar-refractivity contribution in [2.45, 2.75) is 33.2 Å². The van der Waals surface area contributed by atoms with Crippen LogP contribution in [-0.2, 0) is 14.3 Å². The number of fused-ring (bicyclic) bond motifs is 1. The number of nitrogens with zero attached hydrogens (tertiary/aromatic N) is 2. The Bertz CT molecular complexity index is 851. The molecule has 0 saturated carbocycles. The quantitative estimate of drug-likeness (QED) is 0.645. The highest BCUT2D eigenvalue weighted by atomic mass is 35.5. The van der Waals surface area contributed by atoms with E-state index in [1.807, 2.05) is 13.8 Å². The lowest BCUT2D eigenvalue weighted by Crippen LogP contribution is -2.45. The molecule has 1 amide bonds. The van der Waals surface area contributed by atoms with Gasteiger partial charge in [0.15, 0.2) is 5.17 Å². The molecule has 0 radical (unpaired) electrons. The molecule has 0 spiro atoms. The van der Waals surface area contributed by atoms with Crippen molar-refractivity contribution in [3.05, 3.63) is 45.1 Å². The third-order valence-electron chi connectivity index (χ3n) is 4.23. The average molecular weight is 427 g/mol. The fourth-order valence-corrected chi connectivity index (χ4v) is 4.29. The first-order valence-electron chi connectivity index (χ1n) is 8.66. The van der Waals surface area contributed by atoms with Crippen molar-refractivity contribution in [3.8, 4) is 0 Å². The second-order valence-corrected chi connectivity index (χ2v) is 8.70. The number of amides is 1. The highest BCUT2D eigenvalue weighted by molar-refractivity contribution is 8.14. The largest absolute Gasteiger partial charge is 0.462 e. The molecule has 0 unspecified atom stereocenters. The van der Waals surface area contributed by atoms with E-state index >= 15 is 0 Å². The van der Waals surface area contributed by atoms with Crippen LogP contribution >= 0.6 is 35.0 Å². The first-order valence-corrected chi connectivity index (χ1v) is 10.4. The lowest BCUT2D eigenvalue weighted by atomic mass is 9.94. The Morgan fingerprint density at radius 1 is 1.37 bits per heavy atom. The van der Waals surface area contributed by atoms with Gasteiger partial charge in [-0.25, -0.2) is 9.79 Å². The van der Waals surface area contributed by atoms with Crippen molar-refractivity contribution < 1.29 is 14.3 Å². The molecule has 0 aromatic heterocycles. The predicted octanol–water partition coefficient (Wildman–Crippen LogP) is 4.84. The zero-order chi connectivity index (χ0) is 19.7. The van der Waals surface area contributed by atoms with Gasteiger partial charge in [-0.2, -0.15) is 0 Å². The molecule has 1 aromatic carbocycles. The molecule has 3 rings (SSSR count). The molecule has 1 atom stereocenters. The summed E-state index contributed by atoms with van der Waals surface area (Å²) in [6.07, 6.45) is 0.384. The Morgan fingerprint density at radius 3 is 2.78 bits per heavy atom. The van der Waals surface area contributed by atoms with E-state index < -0.39 is 12.0 Å². The summed E-state index contributed by atoms with van der Waals surface area (Å²) in [6, 6.07) is 4.50. The monoisotopic (exact) mass is 426 g/mol. The van der Waals surface area contributed by atoms with Crippen LogP contribution in [0.3, 0.4) is 0 Å². The van der Waals surface area contributed by atoms with E-state index in [1.54, 1.807) is 30.0 Å². The minimum absolute atomic E-state index is 0.0785. The van der Waals surface area contributed by atoms with Crippen molar-refractivity contribution in [2.75, 3.05) is 12.4 Å². The van der Waals surface area contributed by atoms with Crippen LogP contribution in [-0.4, -0.2) is 34.3 Å². The molecule has 2 aliphatic heterocycles. The molecule has 144 valence electrons. The second-order valence-electron chi connectivity index (χ2n) is 6.82. The van der Waals surface area contributed by atoms with E-state index in [0.717, 1.165) is 0 Å². The minimum atomic E-state index is -0.632. The third kappa shape index (κ3) is 4.18. The number of thioether (sulfide) groups is 1. The van der Waals surface area contributed by atoms with Gasteiger partial charge < -0.3 is 4.74 Å². The predicted molar refractivity (Wildman–Crippen MR) is 109 cm³/mol. The van der Waals surface area contributed by atoms with Gasteiger partial charge in [0.25, 0.3) is 0 Å². The van der Waals surface area contributed by atoms with Crippen LogP contribution in [0.5, 0.6) is 0 Å². The van der Waals surface area contributed by atoms with Gasteiger partial charge in [-0.1, -0.05) is 54.9 Å². The van der Waals surface area contributed by atoms with Gasteiger partial charge in [0.2, 0.25) is 5.91 Å². The Kier molecular flexibility index (Phi) is 6.18. The number of allylic oxidation sites excluding steroid dienone is 1. The number of carbonyl (C=O) groups is 2. The number of carbonyl (C=O) groups excluding carboxylic acids is 2.